The maximum atomic E-state index is 12.7. The van der Waals surface area contributed by atoms with Gasteiger partial charge in [-0.05, 0) is 37.3 Å². The quantitative estimate of drug-likeness (QED) is 0.716. The van der Waals surface area contributed by atoms with Crippen molar-refractivity contribution in [1.82, 2.24) is 9.88 Å². The van der Waals surface area contributed by atoms with E-state index in [0.717, 1.165) is 61.1 Å². The van der Waals surface area contributed by atoms with E-state index in [2.05, 4.69) is 9.88 Å². The lowest BCUT2D eigenvalue weighted by Gasteiger charge is -2.23. The fourth-order valence-electron chi connectivity index (χ4n) is 3.36. The molecule has 1 aromatic heterocycles. The molecule has 2 fully saturated rings. The van der Waals surface area contributed by atoms with Crippen molar-refractivity contribution in [3.63, 3.8) is 0 Å². The lowest BCUT2D eigenvalue weighted by Crippen LogP contribution is -2.31. The van der Waals surface area contributed by atoms with Crippen LogP contribution in [0.3, 0.4) is 0 Å². The Bertz CT molecular complexity index is 734. The molecule has 1 saturated heterocycles. The van der Waals surface area contributed by atoms with Crippen LogP contribution < -0.4 is 0 Å². The third-order valence-electron chi connectivity index (χ3n) is 4.96. The van der Waals surface area contributed by atoms with Crippen molar-refractivity contribution in [2.45, 2.75) is 38.0 Å². The number of halogens is 3. The Morgan fingerprint density at radius 2 is 1.92 bits per heavy atom. The van der Waals surface area contributed by atoms with Crippen molar-refractivity contribution in [2.75, 3.05) is 19.8 Å². The minimum Gasteiger partial charge on any atom is -0.381 e. The maximum absolute atomic E-state index is 12.7. The molecule has 1 unspecified atom stereocenters. The number of alkyl halides is 3. The van der Waals surface area contributed by atoms with E-state index in [1.165, 1.54) is 36.3 Å². The van der Waals surface area contributed by atoms with Crippen LogP contribution in [0.4, 0.5) is 13.2 Å². The van der Waals surface area contributed by atoms with Crippen LogP contribution in [-0.4, -0.2) is 35.7 Å². The van der Waals surface area contributed by atoms with Gasteiger partial charge >= 0.3 is 6.18 Å². The molecule has 2 aliphatic rings. The number of nitrogens with zero attached hydrogens (tertiary/aromatic N) is 2. The highest BCUT2D eigenvalue weighted by Gasteiger charge is 2.32. The molecule has 7 heteroatoms. The molecule has 3 nitrogen and oxygen atoms in total. The standard InChI is InChI=1S/C19H21F3N2OS/c20-19(21,22)15-3-1-14(2-4-15)18-23-16(12-26-18)10-24(17-5-6-17)9-13-7-8-25-11-13/h1-4,12-13,17H,5-11H2. The summed E-state index contributed by atoms with van der Waals surface area (Å²) < 4.78 is 43.6. The Morgan fingerprint density at radius 1 is 1.15 bits per heavy atom. The second-order valence-corrected chi connectivity index (χ2v) is 7.97. The average Bonchev–Trinajstić information content (AvgIpc) is 3.14. The van der Waals surface area contributed by atoms with E-state index < -0.39 is 11.7 Å². The molecule has 26 heavy (non-hydrogen) atoms. The molecular formula is C19H21F3N2OS. The van der Waals surface area contributed by atoms with Gasteiger partial charge in [-0.1, -0.05) is 12.1 Å². The van der Waals surface area contributed by atoms with Crippen molar-refractivity contribution in [3.05, 3.63) is 40.9 Å². The van der Waals surface area contributed by atoms with Gasteiger partial charge in [-0.3, -0.25) is 4.90 Å². The first-order chi connectivity index (χ1) is 12.5. The summed E-state index contributed by atoms with van der Waals surface area (Å²) in [6, 6.07) is 5.88. The van der Waals surface area contributed by atoms with E-state index in [9.17, 15) is 13.2 Å². The molecule has 1 saturated carbocycles. The van der Waals surface area contributed by atoms with Crippen LogP contribution in [0.25, 0.3) is 10.6 Å². The van der Waals surface area contributed by atoms with Crippen LogP contribution in [0.1, 0.15) is 30.5 Å². The first-order valence-electron chi connectivity index (χ1n) is 8.93. The molecule has 2 aromatic rings. The number of hydrogen-bond donors (Lipinski definition) is 0. The fraction of sp³-hybridized carbons (Fsp3) is 0.526. The van der Waals surface area contributed by atoms with Gasteiger partial charge in [0.2, 0.25) is 0 Å². The zero-order valence-corrected chi connectivity index (χ0v) is 15.2. The largest absolute Gasteiger partial charge is 0.416 e. The van der Waals surface area contributed by atoms with Crippen molar-refractivity contribution in [1.29, 1.82) is 0 Å². The Hall–Kier alpha value is -1.44. The normalized spacial score (nSPS) is 20.8. The summed E-state index contributed by atoms with van der Waals surface area (Å²) in [5.74, 6) is 0.601. The molecule has 1 aliphatic carbocycles. The van der Waals surface area contributed by atoms with E-state index >= 15 is 0 Å². The van der Waals surface area contributed by atoms with Gasteiger partial charge in [0.15, 0.2) is 0 Å². The van der Waals surface area contributed by atoms with Gasteiger partial charge in [0.25, 0.3) is 0 Å². The fourth-order valence-corrected chi connectivity index (χ4v) is 4.18. The van der Waals surface area contributed by atoms with Crippen LogP contribution in [0.15, 0.2) is 29.6 Å². The predicted molar refractivity (Wildman–Crippen MR) is 94.9 cm³/mol. The summed E-state index contributed by atoms with van der Waals surface area (Å²) in [6.45, 7) is 3.55. The Kier molecular flexibility index (Phi) is 5.03. The molecule has 1 atom stereocenters. The number of rotatable bonds is 6. The highest BCUT2D eigenvalue weighted by atomic mass is 32.1. The second kappa shape index (κ2) is 7.29. The van der Waals surface area contributed by atoms with Crippen LogP contribution in [-0.2, 0) is 17.5 Å². The smallest absolute Gasteiger partial charge is 0.381 e. The third kappa shape index (κ3) is 4.27. The van der Waals surface area contributed by atoms with Gasteiger partial charge in [0.1, 0.15) is 5.01 Å². The minimum atomic E-state index is -4.30. The van der Waals surface area contributed by atoms with Gasteiger partial charge in [0, 0.05) is 36.7 Å². The van der Waals surface area contributed by atoms with Gasteiger partial charge < -0.3 is 4.74 Å². The Morgan fingerprint density at radius 3 is 2.54 bits per heavy atom. The predicted octanol–water partition coefficient (Wildman–Crippen LogP) is 4.83. The summed E-state index contributed by atoms with van der Waals surface area (Å²) in [5, 5.41) is 2.79. The van der Waals surface area contributed by atoms with Gasteiger partial charge in [-0.25, -0.2) is 4.98 Å². The Labute approximate surface area is 154 Å². The van der Waals surface area contributed by atoms with Crippen LogP contribution in [0.5, 0.6) is 0 Å². The second-order valence-electron chi connectivity index (χ2n) is 7.11. The van der Waals surface area contributed by atoms with Crippen LogP contribution in [0.2, 0.25) is 0 Å². The van der Waals surface area contributed by atoms with Gasteiger partial charge in [-0.15, -0.1) is 11.3 Å². The highest BCUT2D eigenvalue weighted by molar-refractivity contribution is 7.13. The number of ether oxygens (including phenoxy) is 1. The van der Waals surface area contributed by atoms with Crippen LogP contribution in [0, 0.1) is 5.92 Å². The van der Waals surface area contributed by atoms with E-state index in [-0.39, 0.29) is 0 Å². The zero-order chi connectivity index (χ0) is 18.1. The van der Waals surface area contributed by atoms with E-state index in [4.69, 9.17) is 4.74 Å². The molecule has 0 N–H and O–H groups in total. The van der Waals surface area contributed by atoms with Crippen molar-refractivity contribution < 1.29 is 17.9 Å². The Balaban J connectivity index is 1.43. The SMILES string of the molecule is FC(F)(F)c1ccc(-c2nc(CN(CC3CCOC3)C3CC3)cs2)cc1. The number of aromatic nitrogens is 1. The molecule has 0 radical (unpaired) electrons. The molecule has 0 spiro atoms. The minimum absolute atomic E-state index is 0.601. The molecule has 1 aromatic carbocycles. The lowest BCUT2D eigenvalue weighted by molar-refractivity contribution is -0.137. The summed E-state index contributed by atoms with van der Waals surface area (Å²) in [7, 11) is 0. The van der Waals surface area contributed by atoms with E-state index in [1.807, 2.05) is 5.38 Å². The molecule has 2 heterocycles. The molecule has 1 aliphatic heterocycles. The topological polar surface area (TPSA) is 25.4 Å². The summed E-state index contributed by atoms with van der Waals surface area (Å²) in [6.07, 6.45) is -0.703. The lowest BCUT2D eigenvalue weighted by atomic mass is 10.1. The van der Waals surface area contributed by atoms with E-state index in [1.54, 1.807) is 0 Å². The molecule has 0 bridgehead atoms. The maximum Gasteiger partial charge on any atom is 0.416 e. The molecule has 4 rings (SSSR count). The van der Waals surface area contributed by atoms with Crippen LogP contribution >= 0.6 is 11.3 Å². The van der Waals surface area contributed by atoms with Crippen molar-refractivity contribution >= 4 is 11.3 Å². The summed E-state index contributed by atoms with van der Waals surface area (Å²) in [4.78, 5) is 7.15. The monoisotopic (exact) mass is 382 g/mol. The molecule has 140 valence electrons. The summed E-state index contributed by atoms with van der Waals surface area (Å²) in [5.41, 5.74) is 1.10. The highest BCUT2D eigenvalue weighted by Crippen LogP contribution is 2.33. The van der Waals surface area contributed by atoms with Crippen molar-refractivity contribution in [3.8, 4) is 10.6 Å². The summed E-state index contributed by atoms with van der Waals surface area (Å²) >= 11 is 1.49. The number of thiazole rings is 1. The third-order valence-corrected chi connectivity index (χ3v) is 5.90. The molecular weight excluding hydrogens is 361 g/mol. The average molecular weight is 382 g/mol. The number of hydrogen-bond acceptors (Lipinski definition) is 4. The zero-order valence-electron chi connectivity index (χ0n) is 14.3. The van der Waals surface area contributed by atoms with Gasteiger partial charge in [0.05, 0.1) is 17.9 Å². The van der Waals surface area contributed by atoms with Crippen molar-refractivity contribution in [2.24, 2.45) is 5.92 Å². The first kappa shape index (κ1) is 17.9. The van der Waals surface area contributed by atoms with Gasteiger partial charge in [-0.2, -0.15) is 13.2 Å². The van der Waals surface area contributed by atoms with E-state index in [0.29, 0.717) is 12.0 Å². The first-order valence-corrected chi connectivity index (χ1v) is 9.81. The molecule has 0 amide bonds. The number of benzene rings is 1.